The summed E-state index contributed by atoms with van der Waals surface area (Å²) in [7, 11) is 1.93. The molecule has 1 rings (SSSR count). The van der Waals surface area contributed by atoms with Gasteiger partial charge in [0.2, 0.25) is 0 Å². The van der Waals surface area contributed by atoms with E-state index in [0.717, 1.165) is 12.3 Å². The van der Waals surface area contributed by atoms with Gasteiger partial charge in [0.05, 0.1) is 18.5 Å². The Morgan fingerprint density at radius 2 is 2.08 bits per heavy atom. The van der Waals surface area contributed by atoms with E-state index >= 15 is 0 Å². The largest absolute Gasteiger partial charge is 0.375 e. The van der Waals surface area contributed by atoms with Crippen LogP contribution in [-0.4, -0.2) is 16.4 Å². The molecular formula is C10H20N2O. The van der Waals surface area contributed by atoms with Gasteiger partial charge in [0.15, 0.2) is 0 Å². The van der Waals surface area contributed by atoms with Gasteiger partial charge in [-0.1, -0.05) is 13.8 Å². The molecule has 1 aromatic heterocycles. The molecule has 0 amide bonds. The monoisotopic (exact) mass is 184 g/mol. The molecule has 3 nitrogen and oxygen atoms in total. The van der Waals surface area contributed by atoms with Crippen LogP contribution in [0.2, 0.25) is 0 Å². The van der Waals surface area contributed by atoms with E-state index in [4.69, 9.17) is 4.74 Å². The van der Waals surface area contributed by atoms with Crippen molar-refractivity contribution in [1.82, 2.24) is 9.78 Å². The van der Waals surface area contributed by atoms with Crippen LogP contribution in [0.1, 0.15) is 32.0 Å². The van der Waals surface area contributed by atoms with Crippen LogP contribution in [0.4, 0.5) is 0 Å². The van der Waals surface area contributed by atoms with Gasteiger partial charge in [-0.25, -0.2) is 0 Å². The van der Waals surface area contributed by atoms with E-state index in [1.54, 1.807) is 0 Å². The highest BCUT2D eigenvalue weighted by Crippen LogP contribution is 2.06. The van der Waals surface area contributed by atoms with Gasteiger partial charge < -0.3 is 4.74 Å². The third-order valence-electron chi connectivity index (χ3n) is 1.71. The summed E-state index contributed by atoms with van der Waals surface area (Å²) >= 11 is 0. The molecule has 1 heterocycles. The summed E-state index contributed by atoms with van der Waals surface area (Å²) in [5.74, 6) is 0. The molecule has 0 aliphatic heterocycles. The highest BCUT2D eigenvalue weighted by atomic mass is 16.5. The maximum Gasteiger partial charge on any atom is 0.0887 e. The number of hydrogen-bond donors (Lipinski definition) is 0. The lowest BCUT2D eigenvalue weighted by Gasteiger charge is -2.02. The molecule has 3 heteroatoms. The van der Waals surface area contributed by atoms with E-state index in [-0.39, 0.29) is 0 Å². The Morgan fingerprint density at radius 1 is 1.46 bits per heavy atom. The van der Waals surface area contributed by atoms with Gasteiger partial charge in [0, 0.05) is 13.7 Å². The fourth-order valence-corrected chi connectivity index (χ4v) is 0.979. The summed E-state index contributed by atoms with van der Waals surface area (Å²) in [4.78, 5) is 0. The van der Waals surface area contributed by atoms with Gasteiger partial charge >= 0.3 is 0 Å². The van der Waals surface area contributed by atoms with Gasteiger partial charge in [-0.2, -0.15) is 5.10 Å². The first-order chi connectivity index (χ1) is 6.25. The van der Waals surface area contributed by atoms with Crippen LogP contribution in [0.3, 0.4) is 0 Å². The van der Waals surface area contributed by atoms with Crippen LogP contribution in [-0.2, 0) is 18.4 Å². The summed E-state index contributed by atoms with van der Waals surface area (Å²) in [6.45, 7) is 9.45. The van der Waals surface area contributed by atoms with E-state index in [2.05, 4.69) is 5.10 Å². The van der Waals surface area contributed by atoms with Crippen molar-refractivity contribution in [3.63, 3.8) is 0 Å². The minimum atomic E-state index is 0.666. The highest BCUT2D eigenvalue weighted by Gasteiger charge is 2.02. The van der Waals surface area contributed by atoms with Gasteiger partial charge in [-0.05, 0) is 19.4 Å². The number of aryl methyl sites for hydroxylation is 2. The van der Waals surface area contributed by atoms with Crippen molar-refractivity contribution in [3.05, 3.63) is 17.5 Å². The zero-order valence-electron chi connectivity index (χ0n) is 9.29. The van der Waals surface area contributed by atoms with E-state index in [1.165, 1.54) is 5.56 Å². The predicted molar refractivity (Wildman–Crippen MR) is 54.6 cm³/mol. The third-order valence-corrected chi connectivity index (χ3v) is 1.71. The van der Waals surface area contributed by atoms with Gasteiger partial charge in [-0.3, -0.25) is 4.68 Å². The molecule has 0 aliphatic rings. The lowest BCUT2D eigenvalue weighted by atomic mass is 10.3. The van der Waals surface area contributed by atoms with Crippen molar-refractivity contribution in [2.45, 2.75) is 34.3 Å². The van der Waals surface area contributed by atoms with Crippen molar-refractivity contribution in [2.75, 3.05) is 6.61 Å². The van der Waals surface area contributed by atoms with Crippen molar-refractivity contribution in [2.24, 2.45) is 7.05 Å². The second-order valence-electron chi connectivity index (χ2n) is 2.54. The van der Waals surface area contributed by atoms with Crippen molar-refractivity contribution in [3.8, 4) is 0 Å². The van der Waals surface area contributed by atoms with Crippen LogP contribution in [0, 0.1) is 6.92 Å². The summed E-state index contributed by atoms with van der Waals surface area (Å²) in [5.41, 5.74) is 2.35. The quantitative estimate of drug-likeness (QED) is 0.720. The Balaban J connectivity index is 0.000000671. The summed E-state index contributed by atoms with van der Waals surface area (Å²) in [5, 5.41) is 4.11. The molecule has 1 aromatic rings. The van der Waals surface area contributed by atoms with E-state index in [1.807, 2.05) is 45.6 Å². The van der Waals surface area contributed by atoms with Crippen LogP contribution >= 0.6 is 0 Å². The number of rotatable bonds is 3. The molecule has 0 aromatic carbocycles. The van der Waals surface area contributed by atoms with Crippen LogP contribution < -0.4 is 0 Å². The lowest BCUT2D eigenvalue weighted by Crippen LogP contribution is -2.01. The van der Waals surface area contributed by atoms with Crippen molar-refractivity contribution < 1.29 is 4.74 Å². The standard InChI is InChI=1S/C8H14N2O.C2H6/c1-4-11-6-8-7(2)5-9-10(8)3;1-2/h5H,4,6H2,1-3H3;1-2H3. The average molecular weight is 184 g/mol. The average Bonchev–Trinajstić information content (AvgIpc) is 2.47. The van der Waals surface area contributed by atoms with Gasteiger partial charge in [0.1, 0.15) is 0 Å². The molecule has 13 heavy (non-hydrogen) atoms. The minimum absolute atomic E-state index is 0.666. The summed E-state index contributed by atoms with van der Waals surface area (Å²) < 4.78 is 7.13. The number of aromatic nitrogens is 2. The molecule has 0 spiro atoms. The van der Waals surface area contributed by atoms with E-state index in [0.29, 0.717) is 6.61 Å². The van der Waals surface area contributed by atoms with E-state index in [9.17, 15) is 0 Å². The minimum Gasteiger partial charge on any atom is -0.375 e. The summed E-state index contributed by atoms with van der Waals surface area (Å²) in [6.07, 6.45) is 1.86. The van der Waals surface area contributed by atoms with Crippen molar-refractivity contribution >= 4 is 0 Å². The van der Waals surface area contributed by atoms with Crippen LogP contribution in [0.25, 0.3) is 0 Å². The van der Waals surface area contributed by atoms with Gasteiger partial charge in [0.25, 0.3) is 0 Å². The maximum absolute atomic E-state index is 5.28. The SMILES string of the molecule is CC.CCOCc1c(C)cnn1C. The topological polar surface area (TPSA) is 27.1 Å². The number of hydrogen-bond acceptors (Lipinski definition) is 2. The Bertz CT molecular complexity index is 211. The number of ether oxygens (including phenoxy) is 1. The molecule has 0 atom stereocenters. The molecule has 0 saturated heterocycles. The second-order valence-corrected chi connectivity index (χ2v) is 2.54. The van der Waals surface area contributed by atoms with Crippen LogP contribution in [0.5, 0.6) is 0 Å². The third kappa shape index (κ3) is 3.59. The molecule has 76 valence electrons. The fourth-order valence-electron chi connectivity index (χ4n) is 0.979. The van der Waals surface area contributed by atoms with Crippen LogP contribution in [0.15, 0.2) is 6.20 Å². The lowest BCUT2D eigenvalue weighted by molar-refractivity contribution is 0.128. The molecule has 0 unspecified atom stereocenters. The van der Waals surface area contributed by atoms with Crippen molar-refractivity contribution in [1.29, 1.82) is 0 Å². The highest BCUT2D eigenvalue weighted by molar-refractivity contribution is 5.13. The van der Waals surface area contributed by atoms with E-state index < -0.39 is 0 Å². The molecule has 0 aliphatic carbocycles. The zero-order chi connectivity index (χ0) is 10.3. The zero-order valence-corrected chi connectivity index (χ0v) is 9.29. The Morgan fingerprint density at radius 3 is 2.46 bits per heavy atom. The Kier molecular flexibility index (Phi) is 6.24. The molecule has 0 radical (unpaired) electrons. The molecule has 0 N–H and O–H groups in total. The first-order valence-corrected chi connectivity index (χ1v) is 4.81. The first kappa shape index (κ1) is 12.2. The Labute approximate surface area is 80.7 Å². The second kappa shape index (κ2) is 6.66. The molecule has 0 saturated carbocycles. The maximum atomic E-state index is 5.28. The summed E-state index contributed by atoms with van der Waals surface area (Å²) in [6, 6.07) is 0. The normalized spacial score (nSPS) is 9.31. The number of nitrogens with zero attached hydrogens (tertiary/aromatic N) is 2. The molecule has 0 fully saturated rings. The predicted octanol–water partition coefficient (Wildman–Crippen LogP) is 2.29. The fraction of sp³-hybridized carbons (Fsp3) is 0.700. The first-order valence-electron chi connectivity index (χ1n) is 4.81. The molecular weight excluding hydrogens is 164 g/mol. The Hall–Kier alpha value is -0.830. The molecule has 0 bridgehead atoms. The smallest absolute Gasteiger partial charge is 0.0887 e. The van der Waals surface area contributed by atoms with Gasteiger partial charge in [-0.15, -0.1) is 0 Å².